The minimum Gasteiger partial charge on any atom is -0.493 e. The monoisotopic (exact) mass is 433 g/mol. The number of carbonyl (C=O) groups excluding carboxylic acids is 1. The van der Waals surface area contributed by atoms with Crippen molar-refractivity contribution in [2.75, 3.05) is 20.3 Å². The topological polar surface area (TPSA) is 65.4 Å². The predicted octanol–water partition coefficient (Wildman–Crippen LogP) is 4.48. The Hall–Kier alpha value is -3.54. The third-order valence-corrected chi connectivity index (χ3v) is 5.19. The maximum atomic E-state index is 11.3. The fourth-order valence-electron chi connectivity index (χ4n) is 3.63. The van der Waals surface area contributed by atoms with Gasteiger partial charge in [0.1, 0.15) is 5.82 Å². The fraction of sp³-hybridized carbons (Fsp3) is 0.308. The van der Waals surface area contributed by atoms with Gasteiger partial charge >= 0.3 is 0 Å². The Morgan fingerprint density at radius 3 is 2.78 bits per heavy atom. The largest absolute Gasteiger partial charge is 0.493 e. The Balaban J connectivity index is 1.61. The number of imidazole rings is 1. The van der Waals surface area contributed by atoms with Crippen LogP contribution in [0.3, 0.4) is 0 Å². The van der Waals surface area contributed by atoms with Gasteiger partial charge in [0, 0.05) is 19.5 Å². The Kier molecular flexibility index (Phi) is 8.49. The summed E-state index contributed by atoms with van der Waals surface area (Å²) < 4.78 is 13.7. The fourth-order valence-corrected chi connectivity index (χ4v) is 3.63. The number of nitrogens with one attached hydrogen (secondary N) is 1. The second-order valence-corrected chi connectivity index (χ2v) is 7.45. The lowest BCUT2D eigenvalue weighted by molar-refractivity contribution is -0.116. The maximum absolute atomic E-state index is 11.3. The van der Waals surface area contributed by atoms with Crippen LogP contribution in [0.25, 0.3) is 11.0 Å². The van der Waals surface area contributed by atoms with Gasteiger partial charge in [-0.1, -0.05) is 30.9 Å². The van der Waals surface area contributed by atoms with Crippen molar-refractivity contribution in [2.45, 2.75) is 32.2 Å². The Bertz CT molecular complexity index is 1070. The number of methoxy groups -OCH3 is 1. The number of fused-ring (bicyclic) bond motifs is 1. The van der Waals surface area contributed by atoms with Crippen LogP contribution in [-0.2, 0) is 24.2 Å². The van der Waals surface area contributed by atoms with E-state index in [4.69, 9.17) is 14.5 Å². The molecule has 6 nitrogen and oxygen atoms in total. The first-order chi connectivity index (χ1) is 15.7. The van der Waals surface area contributed by atoms with E-state index in [1.54, 1.807) is 7.11 Å². The number of aromatic nitrogens is 2. The Morgan fingerprint density at radius 2 is 2.00 bits per heavy atom. The molecule has 168 valence electrons. The van der Waals surface area contributed by atoms with E-state index in [0.29, 0.717) is 13.2 Å². The normalized spacial score (nSPS) is 10.7. The van der Waals surface area contributed by atoms with E-state index < -0.39 is 0 Å². The van der Waals surface area contributed by atoms with Crippen LogP contribution in [-0.4, -0.2) is 35.7 Å². The molecule has 6 heteroatoms. The predicted molar refractivity (Wildman–Crippen MR) is 128 cm³/mol. The van der Waals surface area contributed by atoms with Gasteiger partial charge in [-0.05, 0) is 55.2 Å². The van der Waals surface area contributed by atoms with Crippen molar-refractivity contribution in [2.24, 2.45) is 0 Å². The molecular weight excluding hydrogens is 402 g/mol. The first-order valence-electron chi connectivity index (χ1n) is 10.9. The highest BCUT2D eigenvalue weighted by atomic mass is 16.5. The number of benzene rings is 2. The molecule has 0 unspecified atom stereocenters. The van der Waals surface area contributed by atoms with Crippen LogP contribution >= 0.6 is 0 Å². The summed E-state index contributed by atoms with van der Waals surface area (Å²) in [5.41, 5.74) is 3.24. The molecule has 0 aliphatic carbocycles. The summed E-state index contributed by atoms with van der Waals surface area (Å²) in [6.07, 6.45) is 6.38. The summed E-state index contributed by atoms with van der Waals surface area (Å²) in [6.45, 7) is 9.22. The highest BCUT2D eigenvalue weighted by Crippen LogP contribution is 2.28. The van der Waals surface area contributed by atoms with E-state index in [1.165, 1.54) is 6.08 Å². The molecule has 0 saturated carbocycles. The van der Waals surface area contributed by atoms with Gasteiger partial charge in [-0.25, -0.2) is 4.98 Å². The molecule has 3 aromatic rings. The molecule has 1 aromatic heterocycles. The number of amides is 1. The van der Waals surface area contributed by atoms with Crippen molar-refractivity contribution < 1.29 is 14.3 Å². The van der Waals surface area contributed by atoms with Crippen molar-refractivity contribution in [1.82, 2.24) is 14.9 Å². The average molecular weight is 434 g/mol. The van der Waals surface area contributed by atoms with Gasteiger partial charge in [0.2, 0.25) is 5.91 Å². The highest BCUT2D eigenvalue weighted by Gasteiger charge is 2.11. The lowest BCUT2D eigenvalue weighted by atomic mass is 10.1. The van der Waals surface area contributed by atoms with Gasteiger partial charge in [-0.3, -0.25) is 4.79 Å². The molecule has 0 fully saturated rings. The van der Waals surface area contributed by atoms with E-state index >= 15 is 0 Å². The molecule has 0 radical (unpaired) electrons. The van der Waals surface area contributed by atoms with E-state index in [9.17, 15) is 4.79 Å². The molecule has 0 aliphatic heterocycles. The SMILES string of the molecule is C=CCc1ccc(OCCCn2c(CCCNC(=O)C=C)nc3ccccc32)c(OC)c1. The van der Waals surface area contributed by atoms with Crippen molar-refractivity contribution in [1.29, 1.82) is 0 Å². The zero-order valence-electron chi connectivity index (χ0n) is 18.7. The van der Waals surface area contributed by atoms with E-state index in [-0.39, 0.29) is 5.91 Å². The molecule has 1 amide bonds. The summed E-state index contributed by atoms with van der Waals surface area (Å²) in [6, 6.07) is 14.1. The van der Waals surface area contributed by atoms with Gasteiger partial charge in [0.15, 0.2) is 11.5 Å². The number of hydrogen-bond donors (Lipinski definition) is 1. The number of ether oxygens (including phenoxy) is 2. The number of rotatable bonds is 13. The average Bonchev–Trinajstić information content (AvgIpc) is 3.17. The molecule has 2 aromatic carbocycles. The van der Waals surface area contributed by atoms with E-state index in [0.717, 1.165) is 66.1 Å². The molecular formula is C26H31N3O3. The van der Waals surface area contributed by atoms with E-state index in [2.05, 4.69) is 29.1 Å². The van der Waals surface area contributed by atoms with Crippen LogP contribution in [0, 0.1) is 0 Å². The molecule has 0 saturated heterocycles. The summed E-state index contributed by atoms with van der Waals surface area (Å²) in [5.74, 6) is 2.35. The van der Waals surface area contributed by atoms with Crippen molar-refractivity contribution in [3.05, 3.63) is 79.2 Å². The van der Waals surface area contributed by atoms with Gasteiger partial charge in [0.05, 0.1) is 24.8 Å². The summed E-state index contributed by atoms with van der Waals surface area (Å²) in [7, 11) is 1.65. The first kappa shape index (κ1) is 23.1. The molecule has 0 aliphatic rings. The molecule has 32 heavy (non-hydrogen) atoms. The lowest BCUT2D eigenvalue weighted by Gasteiger charge is -2.13. The van der Waals surface area contributed by atoms with E-state index in [1.807, 2.05) is 42.5 Å². The highest BCUT2D eigenvalue weighted by molar-refractivity contribution is 5.86. The number of allylic oxidation sites excluding steroid dienone is 1. The van der Waals surface area contributed by atoms with Crippen molar-refractivity contribution in [3.8, 4) is 11.5 Å². The van der Waals surface area contributed by atoms with Gasteiger partial charge in [-0.15, -0.1) is 6.58 Å². The molecule has 0 spiro atoms. The van der Waals surface area contributed by atoms with Crippen LogP contribution in [0.1, 0.15) is 24.2 Å². The minimum absolute atomic E-state index is 0.149. The standard InChI is InChI=1S/C26H31N3O3/c1-4-10-20-14-15-23(24(19-20)31-3)32-18-9-17-29-22-12-7-6-11-21(22)28-25(29)13-8-16-27-26(30)5-2/h4-7,11-12,14-15,19H,1-2,8-10,13,16-18H2,3H3,(H,27,30). The van der Waals surface area contributed by atoms with Gasteiger partial charge < -0.3 is 19.4 Å². The molecule has 1 N–H and O–H groups in total. The smallest absolute Gasteiger partial charge is 0.243 e. The zero-order valence-corrected chi connectivity index (χ0v) is 18.7. The second kappa shape index (κ2) is 11.7. The number of aryl methyl sites for hydroxylation is 2. The number of nitrogens with zero attached hydrogens (tertiary/aromatic N) is 2. The van der Waals surface area contributed by atoms with Crippen LogP contribution in [0.5, 0.6) is 11.5 Å². The lowest BCUT2D eigenvalue weighted by Crippen LogP contribution is -2.22. The van der Waals surface area contributed by atoms with Crippen molar-refractivity contribution >= 4 is 16.9 Å². The molecule has 0 atom stereocenters. The number of para-hydroxylation sites is 2. The molecule has 1 heterocycles. The maximum Gasteiger partial charge on any atom is 0.243 e. The van der Waals surface area contributed by atoms with Gasteiger partial charge in [0.25, 0.3) is 0 Å². The Labute approximate surface area is 189 Å². The zero-order chi connectivity index (χ0) is 22.8. The Morgan fingerprint density at radius 1 is 1.16 bits per heavy atom. The van der Waals surface area contributed by atoms with Crippen LogP contribution < -0.4 is 14.8 Å². The quantitative estimate of drug-likeness (QED) is 0.245. The van der Waals surface area contributed by atoms with Crippen LogP contribution in [0.4, 0.5) is 0 Å². The van der Waals surface area contributed by atoms with Crippen LogP contribution in [0.15, 0.2) is 67.8 Å². The van der Waals surface area contributed by atoms with Crippen molar-refractivity contribution in [3.63, 3.8) is 0 Å². The number of hydrogen-bond acceptors (Lipinski definition) is 4. The summed E-state index contributed by atoms with van der Waals surface area (Å²) >= 11 is 0. The van der Waals surface area contributed by atoms with Gasteiger partial charge in [-0.2, -0.15) is 0 Å². The molecule has 3 rings (SSSR count). The summed E-state index contributed by atoms with van der Waals surface area (Å²) in [5, 5.41) is 2.82. The third-order valence-electron chi connectivity index (χ3n) is 5.19. The number of carbonyl (C=O) groups is 1. The van der Waals surface area contributed by atoms with Crippen LogP contribution in [0.2, 0.25) is 0 Å². The molecule has 0 bridgehead atoms. The third kappa shape index (κ3) is 6.00. The minimum atomic E-state index is -0.149. The second-order valence-electron chi connectivity index (χ2n) is 7.45. The first-order valence-corrected chi connectivity index (χ1v) is 10.9. The summed E-state index contributed by atoms with van der Waals surface area (Å²) in [4.78, 5) is 16.1.